The Balaban J connectivity index is 1.39. The number of hydrogen-bond acceptors (Lipinski definition) is 8. The van der Waals surface area contributed by atoms with Crippen LogP contribution in [0.25, 0.3) is 10.9 Å². The van der Waals surface area contributed by atoms with Gasteiger partial charge in [0.25, 0.3) is 11.8 Å². The Morgan fingerprint density at radius 1 is 0.621 bits per heavy atom. The van der Waals surface area contributed by atoms with Gasteiger partial charge in [-0.15, -0.1) is 0 Å². The SMILES string of the molecule is NC(=O)CN1CCCNC(=O)c2ccc(cc2)C(=O)N[C@@H](Cc2ccccc2)C(=O)N[C@H](Cc2ccccc2)C(=O)N[C@@H](CCCN=C(N)N)C(=O)N[C@@H](Cc2c[nH]c3ccccc23)C1=O. The van der Waals surface area contributed by atoms with Crippen molar-refractivity contribution in [1.29, 1.82) is 0 Å². The van der Waals surface area contributed by atoms with Gasteiger partial charge in [0.05, 0.1) is 6.54 Å². The lowest BCUT2D eigenvalue weighted by Gasteiger charge is -2.29. The molecule has 0 fully saturated rings. The fourth-order valence-electron chi connectivity index (χ4n) is 7.69. The van der Waals surface area contributed by atoms with E-state index in [-0.39, 0.29) is 75.2 Å². The number of carbonyl (C=O) groups is 7. The molecule has 4 atom stereocenters. The van der Waals surface area contributed by atoms with Crippen LogP contribution in [0.5, 0.6) is 0 Å². The molecule has 2 bridgehead atoms. The van der Waals surface area contributed by atoms with Crippen LogP contribution < -0.4 is 43.8 Å². The zero-order chi connectivity index (χ0) is 47.0. The first-order chi connectivity index (χ1) is 31.8. The fraction of sp³-hybridized carbons (Fsp3) is 0.292. The van der Waals surface area contributed by atoms with E-state index in [1.807, 2.05) is 36.4 Å². The number of H-pyrrole nitrogens is 1. The average Bonchev–Trinajstić information content (AvgIpc) is 3.72. The molecule has 12 N–H and O–H groups in total. The lowest BCUT2D eigenvalue weighted by Crippen LogP contribution is -2.59. The lowest BCUT2D eigenvalue weighted by molar-refractivity contribution is -0.139. The molecule has 0 aliphatic carbocycles. The van der Waals surface area contributed by atoms with Crippen molar-refractivity contribution in [3.63, 3.8) is 0 Å². The van der Waals surface area contributed by atoms with Crippen molar-refractivity contribution in [2.24, 2.45) is 22.2 Å². The maximum absolute atomic E-state index is 14.6. The van der Waals surface area contributed by atoms with Crippen molar-refractivity contribution in [1.82, 2.24) is 36.5 Å². The van der Waals surface area contributed by atoms with Crippen LogP contribution in [0.4, 0.5) is 0 Å². The second kappa shape index (κ2) is 23.1. The van der Waals surface area contributed by atoms with Crippen LogP contribution in [-0.4, -0.2) is 108 Å². The molecule has 0 spiro atoms. The number of hydrogen-bond donors (Lipinski definition) is 9. The van der Waals surface area contributed by atoms with Crippen LogP contribution in [0.15, 0.2) is 120 Å². The number of primary amides is 1. The number of rotatable bonds is 12. The summed E-state index contributed by atoms with van der Waals surface area (Å²) in [6, 6.07) is 26.3. The molecule has 2 aliphatic heterocycles. The highest BCUT2D eigenvalue weighted by Crippen LogP contribution is 2.20. The normalized spacial score (nSPS) is 19.2. The molecule has 7 amide bonds. The second-order valence-corrected chi connectivity index (χ2v) is 16.0. The highest BCUT2D eigenvalue weighted by atomic mass is 16.2. The molecule has 0 saturated heterocycles. The molecule has 0 saturated carbocycles. The van der Waals surface area contributed by atoms with E-state index in [2.05, 4.69) is 36.6 Å². The Bertz CT molecular complexity index is 2530. The number of amides is 7. The molecule has 7 rings (SSSR count). The van der Waals surface area contributed by atoms with Crippen molar-refractivity contribution >= 4 is 58.2 Å². The minimum Gasteiger partial charge on any atom is -0.370 e. The Labute approximate surface area is 381 Å². The Morgan fingerprint density at radius 2 is 1.17 bits per heavy atom. The molecule has 4 aromatic carbocycles. The summed E-state index contributed by atoms with van der Waals surface area (Å²) in [6.45, 7) is -0.309. The minimum atomic E-state index is -1.29. The zero-order valence-electron chi connectivity index (χ0n) is 36.3. The second-order valence-electron chi connectivity index (χ2n) is 16.0. The van der Waals surface area contributed by atoms with Gasteiger partial charge in [0, 0.05) is 67.1 Å². The van der Waals surface area contributed by atoms with Crippen LogP contribution in [0.1, 0.15) is 56.7 Å². The molecule has 1 aromatic heterocycles. The first-order valence-electron chi connectivity index (χ1n) is 21.7. The van der Waals surface area contributed by atoms with E-state index in [0.29, 0.717) is 11.1 Å². The average molecular weight is 898 g/mol. The summed E-state index contributed by atoms with van der Waals surface area (Å²) in [4.78, 5) is 106. The zero-order valence-corrected chi connectivity index (χ0v) is 36.3. The van der Waals surface area contributed by atoms with Gasteiger partial charge in [-0.1, -0.05) is 78.9 Å². The third-order valence-corrected chi connectivity index (χ3v) is 11.1. The Kier molecular flexibility index (Phi) is 16.6. The van der Waals surface area contributed by atoms with Crippen LogP contribution in [0.3, 0.4) is 0 Å². The van der Waals surface area contributed by atoms with Gasteiger partial charge in [0.15, 0.2) is 5.96 Å². The lowest BCUT2D eigenvalue weighted by atomic mass is 10.0. The van der Waals surface area contributed by atoms with Crippen molar-refractivity contribution < 1.29 is 33.6 Å². The number of fused-ring (bicyclic) bond motifs is 21. The van der Waals surface area contributed by atoms with Gasteiger partial charge in [-0.2, -0.15) is 0 Å². The van der Waals surface area contributed by atoms with Gasteiger partial charge in [0.1, 0.15) is 24.2 Å². The summed E-state index contributed by atoms with van der Waals surface area (Å²) in [5, 5.41) is 14.9. The fourth-order valence-corrected chi connectivity index (χ4v) is 7.69. The van der Waals surface area contributed by atoms with Crippen molar-refractivity contribution in [2.75, 3.05) is 26.2 Å². The topological polar surface area (TPSA) is 289 Å². The number of guanidine groups is 1. The van der Waals surface area contributed by atoms with E-state index in [1.165, 1.54) is 29.2 Å². The van der Waals surface area contributed by atoms with E-state index < -0.39 is 72.1 Å². The number of aromatic nitrogens is 1. The van der Waals surface area contributed by atoms with E-state index in [0.717, 1.165) is 16.5 Å². The summed E-state index contributed by atoms with van der Waals surface area (Å²) < 4.78 is 0. The smallest absolute Gasteiger partial charge is 0.251 e. The molecular formula is C48H55N11O7. The first-order valence-corrected chi connectivity index (χ1v) is 21.7. The first kappa shape index (κ1) is 47.5. The number of nitrogens with two attached hydrogens (primary N) is 3. The van der Waals surface area contributed by atoms with E-state index in [1.54, 1.807) is 54.7 Å². The monoisotopic (exact) mass is 897 g/mol. The predicted octanol–water partition coefficient (Wildman–Crippen LogP) is 0.950. The van der Waals surface area contributed by atoms with E-state index >= 15 is 0 Å². The van der Waals surface area contributed by atoms with Gasteiger partial charge < -0.3 is 53.7 Å². The predicted molar refractivity (Wildman–Crippen MR) is 248 cm³/mol. The summed E-state index contributed by atoms with van der Waals surface area (Å²) in [6.07, 6.45) is 2.20. The highest BCUT2D eigenvalue weighted by Gasteiger charge is 2.34. The van der Waals surface area contributed by atoms with Crippen molar-refractivity contribution in [3.8, 4) is 0 Å². The molecule has 3 heterocycles. The molecule has 344 valence electrons. The van der Waals surface area contributed by atoms with Gasteiger partial charge >= 0.3 is 0 Å². The van der Waals surface area contributed by atoms with Gasteiger partial charge in [-0.05, 0) is 66.3 Å². The molecular weight excluding hydrogens is 843 g/mol. The van der Waals surface area contributed by atoms with Crippen LogP contribution in [-0.2, 0) is 43.2 Å². The maximum atomic E-state index is 14.6. The summed E-state index contributed by atoms with van der Waals surface area (Å²) >= 11 is 0. The number of aliphatic imine (C=N–C) groups is 1. The highest BCUT2D eigenvalue weighted by molar-refractivity contribution is 6.01. The number of benzene rings is 4. The third kappa shape index (κ3) is 13.5. The Morgan fingerprint density at radius 3 is 1.79 bits per heavy atom. The van der Waals surface area contributed by atoms with Crippen LogP contribution in [0, 0.1) is 0 Å². The maximum Gasteiger partial charge on any atom is 0.251 e. The molecule has 18 heteroatoms. The number of para-hydroxylation sites is 1. The molecule has 5 aromatic rings. The van der Waals surface area contributed by atoms with E-state index in [4.69, 9.17) is 17.2 Å². The van der Waals surface area contributed by atoms with Gasteiger partial charge in [-0.25, -0.2) is 0 Å². The third-order valence-electron chi connectivity index (χ3n) is 11.1. The van der Waals surface area contributed by atoms with Gasteiger partial charge in [0.2, 0.25) is 29.5 Å². The molecule has 0 radical (unpaired) electrons. The van der Waals surface area contributed by atoms with E-state index in [9.17, 15) is 33.6 Å². The molecule has 0 unspecified atom stereocenters. The standard InChI is InChI=1S/C48H55N11O7/c49-41(60)29-59-24-10-23-52-42(61)32-18-20-33(21-19-32)43(62)56-38(25-30-11-3-1-4-12-30)46(65)57-39(26-31-13-5-2-6-14-31)45(64)55-37(17-9-22-53-48(50)51)44(63)58-40(47(59)66)27-34-28-54-36-16-8-7-15-35(34)36/h1-8,11-16,18-21,28,37-40,54H,9-10,17,22-27,29H2,(H2,49,60)(H,52,61)(H,55,64)(H,56,62)(H,57,65)(H,58,63)(H4,50,51,53)/t37-,38-,39+,40-/m0/s1. The number of nitrogens with one attached hydrogen (secondary N) is 6. The van der Waals surface area contributed by atoms with Crippen LogP contribution >= 0.6 is 0 Å². The largest absolute Gasteiger partial charge is 0.370 e. The van der Waals surface area contributed by atoms with Crippen LogP contribution in [0.2, 0.25) is 0 Å². The molecule has 18 nitrogen and oxygen atoms in total. The summed E-state index contributed by atoms with van der Waals surface area (Å²) in [7, 11) is 0. The quantitative estimate of drug-likeness (QED) is 0.0373. The van der Waals surface area contributed by atoms with Crippen molar-refractivity contribution in [3.05, 3.63) is 143 Å². The number of nitrogens with zero attached hydrogens (tertiary/aromatic N) is 2. The number of carbonyl (C=O) groups excluding carboxylic acids is 7. The Hall–Kier alpha value is -8.02. The summed E-state index contributed by atoms with van der Waals surface area (Å²) in [5.74, 6) is -4.78. The molecule has 2 aliphatic rings. The minimum absolute atomic E-state index is 0.0000342. The van der Waals surface area contributed by atoms with Gasteiger partial charge in [-0.3, -0.25) is 38.6 Å². The molecule has 66 heavy (non-hydrogen) atoms. The summed E-state index contributed by atoms with van der Waals surface area (Å²) in [5.41, 5.74) is 20.1. The number of aromatic amines is 1. The van der Waals surface area contributed by atoms with Crippen molar-refractivity contribution in [2.45, 2.75) is 62.7 Å².